The topological polar surface area (TPSA) is 32.3 Å². The average Bonchev–Trinajstić information content (AvgIpc) is 2.66. The highest BCUT2D eigenvalue weighted by atomic mass is 35.5. The summed E-state index contributed by atoms with van der Waals surface area (Å²) in [5.74, 6) is 0. The van der Waals surface area contributed by atoms with Gasteiger partial charge in [0, 0.05) is 6.04 Å². The largest absolute Gasteiger partial charge is 0.416 e. The van der Waals surface area contributed by atoms with Gasteiger partial charge in [0.2, 0.25) is 0 Å². The molecular weight excluding hydrogens is 375 g/mol. The fourth-order valence-corrected chi connectivity index (χ4v) is 3.93. The Hall–Kier alpha value is -1.82. The molecule has 1 aliphatic rings. The minimum atomic E-state index is -4.39. The van der Waals surface area contributed by atoms with Crippen LogP contribution in [-0.4, -0.2) is 17.7 Å². The normalized spacial score (nSPS) is 19.0. The van der Waals surface area contributed by atoms with Crippen molar-refractivity contribution in [3.63, 3.8) is 0 Å². The number of rotatable bonds is 2. The van der Waals surface area contributed by atoms with Crippen molar-refractivity contribution < 1.29 is 18.3 Å². The number of hydrogen-bond acceptors (Lipinski definition) is 2. The summed E-state index contributed by atoms with van der Waals surface area (Å²) in [7, 11) is 0. The maximum atomic E-state index is 13.1. The van der Waals surface area contributed by atoms with Crippen LogP contribution in [0, 0.1) is 0 Å². The van der Waals surface area contributed by atoms with Gasteiger partial charge in [-0.15, -0.1) is 12.4 Å². The van der Waals surface area contributed by atoms with Gasteiger partial charge in [0.25, 0.3) is 0 Å². The summed E-state index contributed by atoms with van der Waals surface area (Å²) in [5, 5.41) is 17.3. The summed E-state index contributed by atoms with van der Waals surface area (Å²) in [6.07, 6.45) is -2.16. The fraction of sp³-hybridized carbons (Fsp3) is 0.333. The Morgan fingerprint density at radius 1 is 0.963 bits per heavy atom. The van der Waals surface area contributed by atoms with Gasteiger partial charge in [-0.1, -0.05) is 36.8 Å². The summed E-state index contributed by atoms with van der Waals surface area (Å²) in [6.45, 7) is 0.853. The number of piperidine rings is 1. The Morgan fingerprint density at radius 2 is 1.70 bits per heavy atom. The lowest BCUT2D eigenvalue weighted by molar-refractivity contribution is -0.137. The van der Waals surface area contributed by atoms with Crippen molar-refractivity contribution in [2.45, 2.75) is 37.6 Å². The molecule has 1 fully saturated rings. The predicted octanol–water partition coefficient (Wildman–Crippen LogP) is 5.61. The number of fused-ring (bicyclic) bond motifs is 3. The van der Waals surface area contributed by atoms with E-state index in [-0.39, 0.29) is 18.4 Å². The van der Waals surface area contributed by atoms with E-state index in [2.05, 4.69) is 5.32 Å². The van der Waals surface area contributed by atoms with Crippen molar-refractivity contribution in [2.75, 3.05) is 6.54 Å². The van der Waals surface area contributed by atoms with E-state index in [0.29, 0.717) is 10.9 Å². The molecule has 27 heavy (non-hydrogen) atoms. The van der Waals surface area contributed by atoms with E-state index in [1.165, 1.54) is 12.1 Å². The van der Waals surface area contributed by atoms with Crippen LogP contribution in [0.1, 0.15) is 36.5 Å². The van der Waals surface area contributed by atoms with Crippen LogP contribution < -0.4 is 5.32 Å². The SMILES string of the molecule is Cl.OC(c1cc2cc(C(F)(F)F)ccc2c2ccccc12)C1CCCCN1. The van der Waals surface area contributed by atoms with Gasteiger partial charge in [0.15, 0.2) is 0 Å². The molecule has 1 aliphatic heterocycles. The van der Waals surface area contributed by atoms with Crippen LogP contribution in [0.3, 0.4) is 0 Å². The first-order valence-electron chi connectivity index (χ1n) is 8.89. The number of aliphatic hydroxyl groups is 1. The molecule has 144 valence electrons. The molecule has 0 bridgehead atoms. The number of halogens is 4. The zero-order valence-electron chi connectivity index (χ0n) is 14.6. The van der Waals surface area contributed by atoms with Crippen molar-refractivity contribution in [3.8, 4) is 0 Å². The summed E-state index contributed by atoms with van der Waals surface area (Å²) in [6, 6.07) is 13.0. The third-order valence-corrected chi connectivity index (χ3v) is 5.27. The Bertz CT molecular complexity index is 951. The minimum Gasteiger partial charge on any atom is -0.387 e. The van der Waals surface area contributed by atoms with Crippen molar-refractivity contribution in [1.29, 1.82) is 0 Å². The summed E-state index contributed by atoms with van der Waals surface area (Å²) in [4.78, 5) is 0. The van der Waals surface area contributed by atoms with Gasteiger partial charge >= 0.3 is 6.18 Å². The summed E-state index contributed by atoms with van der Waals surface area (Å²) >= 11 is 0. The van der Waals surface area contributed by atoms with E-state index >= 15 is 0 Å². The second-order valence-electron chi connectivity index (χ2n) is 6.95. The molecule has 2 N–H and O–H groups in total. The first-order chi connectivity index (χ1) is 12.4. The number of benzene rings is 3. The highest BCUT2D eigenvalue weighted by Crippen LogP contribution is 2.37. The Kier molecular flexibility index (Phi) is 5.65. The third-order valence-electron chi connectivity index (χ3n) is 5.27. The van der Waals surface area contributed by atoms with Crippen LogP contribution in [0.25, 0.3) is 21.5 Å². The van der Waals surface area contributed by atoms with Crippen LogP contribution >= 0.6 is 12.4 Å². The molecule has 1 saturated heterocycles. The van der Waals surface area contributed by atoms with Gasteiger partial charge in [-0.2, -0.15) is 13.2 Å². The van der Waals surface area contributed by atoms with Gasteiger partial charge in [0.1, 0.15) is 0 Å². The van der Waals surface area contributed by atoms with Crippen molar-refractivity contribution in [1.82, 2.24) is 5.32 Å². The first kappa shape index (κ1) is 19.9. The molecule has 2 unspecified atom stereocenters. The molecule has 0 saturated carbocycles. The van der Waals surface area contributed by atoms with Crippen LogP contribution in [0.2, 0.25) is 0 Å². The smallest absolute Gasteiger partial charge is 0.387 e. The predicted molar refractivity (Wildman–Crippen MR) is 104 cm³/mol. The van der Waals surface area contributed by atoms with E-state index in [9.17, 15) is 18.3 Å². The molecule has 0 aromatic heterocycles. The lowest BCUT2D eigenvalue weighted by Crippen LogP contribution is -2.38. The molecule has 3 aromatic carbocycles. The van der Waals surface area contributed by atoms with Crippen LogP contribution in [0.5, 0.6) is 0 Å². The zero-order chi connectivity index (χ0) is 18.3. The van der Waals surface area contributed by atoms with Gasteiger partial charge < -0.3 is 10.4 Å². The van der Waals surface area contributed by atoms with Gasteiger partial charge in [-0.05, 0) is 64.7 Å². The van der Waals surface area contributed by atoms with Gasteiger partial charge in [-0.3, -0.25) is 0 Å². The monoisotopic (exact) mass is 395 g/mol. The molecule has 2 nitrogen and oxygen atoms in total. The molecule has 0 aliphatic carbocycles. The Balaban J connectivity index is 0.00000210. The van der Waals surface area contributed by atoms with Crippen molar-refractivity contribution >= 4 is 34.0 Å². The second kappa shape index (κ2) is 7.66. The zero-order valence-corrected chi connectivity index (χ0v) is 15.4. The third kappa shape index (κ3) is 3.77. The number of nitrogens with one attached hydrogen (secondary N) is 1. The van der Waals surface area contributed by atoms with Crippen LogP contribution in [-0.2, 0) is 6.18 Å². The lowest BCUT2D eigenvalue weighted by Gasteiger charge is -2.29. The summed E-state index contributed by atoms with van der Waals surface area (Å²) < 4.78 is 39.4. The Labute approximate surface area is 161 Å². The van der Waals surface area contributed by atoms with Crippen molar-refractivity contribution in [2.24, 2.45) is 0 Å². The molecule has 1 heterocycles. The maximum Gasteiger partial charge on any atom is 0.416 e. The standard InChI is InChI=1S/C21H20F3NO.ClH/c22-21(23,24)14-8-9-15-13(11-14)12-18(17-6-2-1-5-16(15)17)20(26)19-7-3-4-10-25-19;/h1-2,5-6,8-9,11-12,19-20,25-26H,3-4,7,10H2;1H. The van der Waals surface area contributed by atoms with E-state index in [4.69, 9.17) is 0 Å². The molecule has 2 atom stereocenters. The molecule has 0 spiro atoms. The van der Waals surface area contributed by atoms with Crippen LogP contribution in [0.4, 0.5) is 13.2 Å². The molecule has 0 amide bonds. The van der Waals surface area contributed by atoms with Gasteiger partial charge in [0.05, 0.1) is 11.7 Å². The maximum absolute atomic E-state index is 13.1. The molecular formula is C21H21ClF3NO. The summed E-state index contributed by atoms with van der Waals surface area (Å²) in [5.41, 5.74) is 0.0170. The quantitative estimate of drug-likeness (QED) is 0.553. The number of hydrogen-bond donors (Lipinski definition) is 2. The van der Waals surface area contributed by atoms with E-state index in [0.717, 1.165) is 48.0 Å². The van der Waals surface area contributed by atoms with Gasteiger partial charge in [-0.25, -0.2) is 0 Å². The lowest BCUT2D eigenvalue weighted by atomic mass is 9.89. The van der Waals surface area contributed by atoms with E-state index in [1.807, 2.05) is 24.3 Å². The van der Waals surface area contributed by atoms with E-state index < -0.39 is 17.8 Å². The number of alkyl halides is 3. The average molecular weight is 396 g/mol. The number of aliphatic hydroxyl groups excluding tert-OH is 1. The highest BCUT2D eigenvalue weighted by molar-refractivity contribution is 6.09. The molecule has 0 radical (unpaired) electrons. The second-order valence-corrected chi connectivity index (χ2v) is 6.95. The molecule has 4 rings (SSSR count). The van der Waals surface area contributed by atoms with E-state index in [1.54, 1.807) is 6.07 Å². The van der Waals surface area contributed by atoms with Crippen molar-refractivity contribution in [3.05, 3.63) is 59.7 Å². The minimum absolute atomic E-state index is 0. The molecule has 3 aromatic rings. The highest BCUT2D eigenvalue weighted by Gasteiger charge is 2.31. The van der Waals surface area contributed by atoms with Crippen LogP contribution in [0.15, 0.2) is 48.5 Å². The first-order valence-corrected chi connectivity index (χ1v) is 8.89. The molecule has 6 heteroatoms. The fourth-order valence-electron chi connectivity index (χ4n) is 3.93. The Morgan fingerprint density at radius 3 is 2.37 bits per heavy atom.